The Balaban J connectivity index is 1.79. The summed E-state index contributed by atoms with van der Waals surface area (Å²) in [6.07, 6.45) is 6.03. The molecule has 6 nitrogen and oxygen atoms in total. The number of aliphatic hydroxyl groups excluding tert-OH is 1. The Hall–Kier alpha value is -1.63. The molecule has 1 N–H and O–H groups in total. The number of ether oxygens (including phenoxy) is 3. The number of methoxy groups -OCH3 is 1. The molecule has 0 radical (unpaired) electrons. The van der Waals surface area contributed by atoms with Crippen molar-refractivity contribution in [2.24, 2.45) is 16.7 Å². The minimum Gasteiger partial charge on any atom is -0.472 e. The molecule has 1 saturated heterocycles. The van der Waals surface area contributed by atoms with Crippen LogP contribution in [0.4, 0.5) is 0 Å². The summed E-state index contributed by atoms with van der Waals surface area (Å²) in [6.45, 7) is 7.47. The zero-order valence-electron chi connectivity index (χ0n) is 17.8. The van der Waals surface area contributed by atoms with Crippen LogP contribution in [0.2, 0.25) is 0 Å². The number of furan rings is 1. The SMILES string of the molecule is COC(=O)[C@@]1(C)CC2(CC3=C1CC[C@@H](C)[C@]3(C)C[C@H](O)c1ccoc1)OCCO2. The van der Waals surface area contributed by atoms with E-state index >= 15 is 0 Å². The average Bonchev–Trinajstić information content (AvgIpc) is 3.37. The number of esters is 1. The molecule has 1 fully saturated rings. The molecule has 3 aliphatic rings. The molecule has 6 heteroatoms. The van der Waals surface area contributed by atoms with Crippen molar-refractivity contribution in [2.45, 2.75) is 64.8 Å². The molecule has 160 valence electrons. The van der Waals surface area contributed by atoms with Crippen LogP contribution in [0.3, 0.4) is 0 Å². The van der Waals surface area contributed by atoms with E-state index in [0.29, 0.717) is 38.4 Å². The van der Waals surface area contributed by atoms with Crippen molar-refractivity contribution in [1.29, 1.82) is 0 Å². The normalized spacial score (nSPS) is 34.9. The monoisotopic (exact) mass is 404 g/mol. The highest BCUT2D eigenvalue weighted by molar-refractivity contribution is 5.81. The number of hydrogen-bond acceptors (Lipinski definition) is 6. The van der Waals surface area contributed by atoms with Crippen molar-refractivity contribution < 1.29 is 28.5 Å². The summed E-state index contributed by atoms with van der Waals surface area (Å²) in [5.74, 6) is -0.683. The molecule has 2 aliphatic carbocycles. The van der Waals surface area contributed by atoms with Gasteiger partial charge in [-0.15, -0.1) is 0 Å². The second-order valence-electron chi connectivity index (χ2n) is 9.38. The Morgan fingerprint density at radius 2 is 2.03 bits per heavy atom. The fraction of sp³-hybridized carbons (Fsp3) is 0.696. The van der Waals surface area contributed by atoms with E-state index < -0.39 is 17.3 Å². The van der Waals surface area contributed by atoms with Crippen LogP contribution in [0.5, 0.6) is 0 Å². The number of carbonyl (C=O) groups is 1. The number of rotatable bonds is 4. The number of carbonyl (C=O) groups excluding carboxylic acids is 1. The third kappa shape index (κ3) is 3.25. The van der Waals surface area contributed by atoms with E-state index in [-0.39, 0.29) is 11.4 Å². The highest BCUT2D eigenvalue weighted by atomic mass is 16.7. The maximum Gasteiger partial charge on any atom is 0.315 e. The average molecular weight is 405 g/mol. The van der Waals surface area contributed by atoms with Crippen molar-refractivity contribution in [3.8, 4) is 0 Å². The molecule has 0 unspecified atom stereocenters. The molecule has 29 heavy (non-hydrogen) atoms. The van der Waals surface area contributed by atoms with Gasteiger partial charge in [-0.3, -0.25) is 4.79 Å². The van der Waals surface area contributed by atoms with Gasteiger partial charge in [0.25, 0.3) is 0 Å². The Morgan fingerprint density at radius 3 is 2.66 bits per heavy atom. The molecule has 0 aromatic carbocycles. The lowest BCUT2D eigenvalue weighted by Crippen LogP contribution is -2.51. The molecule has 4 atom stereocenters. The quantitative estimate of drug-likeness (QED) is 0.600. The fourth-order valence-electron chi connectivity index (χ4n) is 5.80. The second kappa shape index (κ2) is 7.25. The summed E-state index contributed by atoms with van der Waals surface area (Å²) in [6, 6.07) is 1.81. The van der Waals surface area contributed by atoms with E-state index in [4.69, 9.17) is 18.6 Å². The van der Waals surface area contributed by atoms with E-state index in [2.05, 4.69) is 13.8 Å². The first-order valence-electron chi connectivity index (χ1n) is 10.5. The Kier molecular flexibility index (Phi) is 5.16. The summed E-state index contributed by atoms with van der Waals surface area (Å²) in [5, 5.41) is 10.9. The summed E-state index contributed by atoms with van der Waals surface area (Å²) in [5.41, 5.74) is 2.05. The lowest BCUT2D eigenvalue weighted by atomic mass is 9.53. The highest BCUT2D eigenvalue weighted by Gasteiger charge is 2.58. The van der Waals surface area contributed by atoms with Gasteiger partial charge in [-0.2, -0.15) is 0 Å². The minimum atomic E-state index is -0.791. The van der Waals surface area contributed by atoms with E-state index in [1.54, 1.807) is 18.6 Å². The molecule has 1 aliphatic heterocycles. The molecule has 0 amide bonds. The largest absolute Gasteiger partial charge is 0.472 e. The van der Waals surface area contributed by atoms with E-state index in [1.807, 2.05) is 6.92 Å². The topological polar surface area (TPSA) is 78.1 Å². The van der Waals surface area contributed by atoms with E-state index in [0.717, 1.165) is 24.0 Å². The highest BCUT2D eigenvalue weighted by Crippen LogP contribution is 2.61. The van der Waals surface area contributed by atoms with Gasteiger partial charge in [0, 0.05) is 18.4 Å². The van der Waals surface area contributed by atoms with Gasteiger partial charge in [0.15, 0.2) is 5.79 Å². The molecular weight excluding hydrogens is 372 g/mol. The van der Waals surface area contributed by atoms with Crippen LogP contribution in [-0.2, 0) is 19.0 Å². The van der Waals surface area contributed by atoms with Gasteiger partial charge >= 0.3 is 5.97 Å². The van der Waals surface area contributed by atoms with Crippen LogP contribution in [0, 0.1) is 16.7 Å². The molecule has 1 spiro atoms. The fourth-order valence-corrected chi connectivity index (χ4v) is 5.80. The van der Waals surface area contributed by atoms with Crippen molar-refractivity contribution in [3.63, 3.8) is 0 Å². The first kappa shape index (κ1) is 20.6. The standard InChI is InChI=1S/C23H32O6/c1-15-5-6-17-18(21(15,2)12-19(24)16-7-8-27-13-16)11-23(28-9-10-29-23)14-22(17,3)20(25)26-4/h7-8,13,15,19,24H,5-6,9-12,14H2,1-4H3/t15-,19+,21+,22+/m1/s1. The molecule has 1 aromatic rings. The molecule has 4 rings (SSSR count). The van der Waals surface area contributed by atoms with Crippen molar-refractivity contribution >= 4 is 5.97 Å². The third-order valence-electron chi connectivity index (χ3n) is 7.70. The van der Waals surface area contributed by atoms with Gasteiger partial charge in [0.2, 0.25) is 0 Å². The van der Waals surface area contributed by atoms with Crippen LogP contribution in [-0.4, -0.2) is 37.2 Å². The van der Waals surface area contributed by atoms with E-state index in [1.165, 1.54) is 12.7 Å². The van der Waals surface area contributed by atoms with Gasteiger partial charge in [-0.1, -0.05) is 25.0 Å². The molecule has 0 saturated carbocycles. The molecule has 2 heterocycles. The van der Waals surface area contributed by atoms with Gasteiger partial charge in [-0.25, -0.2) is 0 Å². The van der Waals surface area contributed by atoms with Crippen LogP contribution < -0.4 is 0 Å². The summed E-state index contributed by atoms with van der Waals surface area (Å²) < 4.78 is 22.6. The first-order chi connectivity index (χ1) is 13.7. The number of hydrogen-bond donors (Lipinski definition) is 1. The van der Waals surface area contributed by atoms with Crippen molar-refractivity contribution in [3.05, 3.63) is 35.3 Å². The summed E-state index contributed by atoms with van der Waals surface area (Å²) >= 11 is 0. The van der Waals surface area contributed by atoms with Crippen LogP contribution in [0.25, 0.3) is 0 Å². The summed E-state index contributed by atoms with van der Waals surface area (Å²) in [7, 11) is 1.44. The van der Waals surface area contributed by atoms with Gasteiger partial charge < -0.3 is 23.7 Å². The maximum atomic E-state index is 13.0. The lowest BCUT2D eigenvalue weighted by molar-refractivity contribution is -0.195. The van der Waals surface area contributed by atoms with Gasteiger partial charge in [-0.05, 0) is 43.6 Å². The molecular formula is C23H32O6. The smallest absolute Gasteiger partial charge is 0.315 e. The minimum absolute atomic E-state index is 0.240. The summed E-state index contributed by atoms with van der Waals surface area (Å²) in [4.78, 5) is 13.0. The Bertz CT molecular complexity index is 790. The molecule has 0 bridgehead atoms. The number of aliphatic hydroxyl groups is 1. The van der Waals surface area contributed by atoms with Crippen LogP contribution in [0.1, 0.15) is 64.5 Å². The lowest BCUT2D eigenvalue weighted by Gasteiger charge is -2.53. The van der Waals surface area contributed by atoms with E-state index in [9.17, 15) is 9.90 Å². The van der Waals surface area contributed by atoms with Crippen LogP contribution in [0.15, 0.2) is 34.2 Å². The predicted molar refractivity (Wildman–Crippen MR) is 106 cm³/mol. The second-order valence-corrected chi connectivity index (χ2v) is 9.38. The Labute approximate surface area is 172 Å². The molecule has 1 aromatic heterocycles. The van der Waals surface area contributed by atoms with Crippen LogP contribution >= 0.6 is 0 Å². The predicted octanol–water partition coefficient (Wildman–Crippen LogP) is 4.15. The first-order valence-corrected chi connectivity index (χ1v) is 10.5. The van der Waals surface area contributed by atoms with Crippen molar-refractivity contribution in [2.75, 3.05) is 20.3 Å². The van der Waals surface area contributed by atoms with Crippen molar-refractivity contribution in [1.82, 2.24) is 0 Å². The Morgan fingerprint density at radius 1 is 1.31 bits per heavy atom. The van der Waals surface area contributed by atoms with Gasteiger partial charge in [0.1, 0.15) is 0 Å². The third-order valence-corrected chi connectivity index (χ3v) is 7.70. The zero-order chi connectivity index (χ0) is 20.9. The van der Waals surface area contributed by atoms with Gasteiger partial charge in [0.05, 0.1) is 44.4 Å². The maximum absolute atomic E-state index is 13.0. The zero-order valence-corrected chi connectivity index (χ0v) is 17.8.